The van der Waals surface area contributed by atoms with Crippen molar-refractivity contribution in [2.75, 3.05) is 37.0 Å². The van der Waals surface area contributed by atoms with Gasteiger partial charge in [0.25, 0.3) is 5.91 Å². The van der Waals surface area contributed by atoms with Crippen molar-refractivity contribution in [2.24, 2.45) is 0 Å². The zero-order valence-electron chi connectivity index (χ0n) is 16.9. The minimum atomic E-state index is -0.343. The molecule has 0 atom stereocenters. The number of anilines is 2. The summed E-state index contributed by atoms with van der Waals surface area (Å²) >= 11 is 0. The zero-order valence-corrected chi connectivity index (χ0v) is 16.9. The lowest BCUT2D eigenvalue weighted by Gasteiger charge is -2.27. The van der Waals surface area contributed by atoms with E-state index in [2.05, 4.69) is 24.3 Å². The number of benzene rings is 2. The molecular weight excluding hydrogens is 354 g/mol. The minimum absolute atomic E-state index is 0.0257. The van der Waals surface area contributed by atoms with Crippen molar-refractivity contribution in [3.63, 3.8) is 0 Å². The molecule has 0 radical (unpaired) electrons. The summed E-state index contributed by atoms with van der Waals surface area (Å²) in [6, 6.07) is 15.4. The van der Waals surface area contributed by atoms with Crippen LogP contribution in [-0.2, 0) is 11.3 Å². The quantitative estimate of drug-likeness (QED) is 0.765. The molecule has 1 aliphatic rings. The highest BCUT2D eigenvalue weighted by atomic mass is 16.6. The van der Waals surface area contributed by atoms with Crippen LogP contribution in [0.5, 0.6) is 0 Å². The second-order valence-corrected chi connectivity index (χ2v) is 7.40. The Kier molecular flexibility index (Phi) is 5.87. The summed E-state index contributed by atoms with van der Waals surface area (Å²) in [5, 5.41) is 0. The molecule has 2 amide bonds. The van der Waals surface area contributed by atoms with Crippen LogP contribution in [0.4, 0.5) is 16.2 Å². The van der Waals surface area contributed by atoms with Gasteiger partial charge in [0.1, 0.15) is 6.61 Å². The van der Waals surface area contributed by atoms with E-state index in [-0.39, 0.29) is 18.0 Å². The molecule has 148 valence electrons. The second kappa shape index (κ2) is 8.33. The van der Waals surface area contributed by atoms with Crippen molar-refractivity contribution in [2.45, 2.75) is 26.4 Å². The van der Waals surface area contributed by atoms with E-state index >= 15 is 0 Å². The molecule has 0 N–H and O–H groups in total. The predicted octanol–water partition coefficient (Wildman–Crippen LogP) is 3.76. The van der Waals surface area contributed by atoms with Gasteiger partial charge in [-0.3, -0.25) is 9.69 Å². The molecule has 0 aliphatic carbocycles. The Hall–Kier alpha value is -3.02. The monoisotopic (exact) mass is 381 g/mol. The molecule has 1 fully saturated rings. The molecule has 3 rings (SSSR count). The van der Waals surface area contributed by atoms with Crippen LogP contribution in [0.15, 0.2) is 48.5 Å². The highest BCUT2D eigenvalue weighted by Crippen LogP contribution is 2.21. The maximum absolute atomic E-state index is 13.1. The fourth-order valence-electron chi connectivity index (χ4n) is 3.16. The lowest BCUT2D eigenvalue weighted by atomic mass is 10.1. The van der Waals surface area contributed by atoms with Crippen LogP contribution >= 0.6 is 0 Å². The van der Waals surface area contributed by atoms with Gasteiger partial charge in [-0.15, -0.1) is 0 Å². The van der Waals surface area contributed by atoms with Crippen molar-refractivity contribution in [3.8, 4) is 0 Å². The number of nitrogens with zero attached hydrogens (tertiary/aromatic N) is 3. The maximum Gasteiger partial charge on any atom is 0.414 e. The summed E-state index contributed by atoms with van der Waals surface area (Å²) in [5.41, 5.74) is 3.57. The third-order valence-electron chi connectivity index (χ3n) is 4.88. The lowest BCUT2D eigenvalue weighted by molar-refractivity contribution is 0.0690. The Morgan fingerprint density at radius 1 is 1.07 bits per heavy atom. The average molecular weight is 381 g/mol. The first-order valence-electron chi connectivity index (χ1n) is 9.48. The first-order valence-corrected chi connectivity index (χ1v) is 9.48. The lowest BCUT2D eigenvalue weighted by Crippen LogP contribution is -2.36. The van der Waals surface area contributed by atoms with Gasteiger partial charge in [0, 0.05) is 43.6 Å². The Morgan fingerprint density at radius 2 is 1.71 bits per heavy atom. The molecule has 0 unspecified atom stereocenters. The van der Waals surface area contributed by atoms with Crippen molar-refractivity contribution >= 4 is 23.4 Å². The fraction of sp³-hybridized carbons (Fsp3) is 0.364. The number of rotatable bonds is 6. The number of amides is 2. The molecule has 1 saturated heterocycles. The molecule has 0 spiro atoms. The van der Waals surface area contributed by atoms with Gasteiger partial charge in [0.15, 0.2) is 0 Å². The van der Waals surface area contributed by atoms with Gasteiger partial charge in [-0.25, -0.2) is 4.79 Å². The molecular formula is C22H27N3O3. The first-order chi connectivity index (χ1) is 13.4. The molecule has 0 aromatic heterocycles. The Bertz CT molecular complexity index is 829. The fourth-order valence-corrected chi connectivity index (χ4v) is 3.16. The third kappa shape index (κ3) is 4.27. The normalized spacial score (nSPS) is 13.6. The Morgan fingerprint density at radius 3 is 2.21 bits per heavy atom. The van der Waals surface area contributed by atoms with E-state index in [9.17, 15) is 9.59 Å². The molecule has 28 heavy (non-hydrogen) atoms. The smallest absolute Gasteiger partial charge is 0.414 e. The summed E-state index contributed by atoms with van der Waals surface area (Å²) in [6.45, 7) is 5.51. The minimum Gasteiger partial charge on any atom is -0.447 e. The van der Waals surface area contributed by atoms with Crippen LogP contribution < -0.4 is 9.80 Å². The van der Waals surface area contributed by atoms with Gasteiger partial charge in [0.05, 0.1) is 6.54 Å². The first kappa shape index (κ1) is 19.7. The van der Waals surface area contributed by atoms with E-state index in [1.807, 2.05) is 37.7 Å². The largest absolute Gasteiger partial charge is 0.447 e. The van der Waals surface area contributed by atoms with Crippen LogP contribution in [0.25, 0.3) is 0 Å². The predicted molar refractivity (Wildman–Crippen MR) is 111 cm³/mol. The van der Waals surface area contributed by atoms with Crippen LogP contribution in [0.3, 0.4) is 0 Å². The topological polar surface area (TPSA) is 53.1 Å². The summed E-state index contributed by atoms with van der Waals surface area (Å²) in [5.74, 6) is -0.0257. The molecule has 6 nitrogen and oxygen atoms in total. The van der Waals surface area contributed by atoms with Crippen molar-refractivity contribution in [1.29, 1.82) is 0 Å². The van der Waals surface area contributed by atoms with Gasteiger partial charge in [0.2, 0.25) is 0 Å². The summed E-state index contributed by atoms with van der Waals surface area (Å²) < 4.78 is 4.97. The molecule has 1 heterocycles. The van der Waals surface area contributed by atoms with E-state index in [4.69, 9.17) is 4.74 Å². The van der Waals surface area contributed by atoms with Gasteiger partial charge in [-0.1, -0.05) is 12.1 Å². The zero-order chi connectivity index (χ0) is 20.3. The summed E-state index contributed by atoms with van der Waals surface area (Å²) in [6.07, 6.45) is -0.343. The van der Waals surface area contributed by atoms with Crippen molar-refractivity contribution in [1.82, 2.24) is 4.90 Å². The number of hydrogen-bond donors (Lipinski definition) is 0. The molecule has 6 heteroatoms. The Balaban J connectivity index is 1.74. The van der Waals surface area contributed by atoms with Crippen LogP contribution in [0.2, 0.25) is 0 Å². The highest BCUT2D eigenvalue weighted by molar-refractivity contribution is 5.95. The Labute approximate surface area is 166 Å². The summed E-state index contributed by atoms with van der Waals surface area (Å²) in [7, 11) is 4.01. The van der Waals surface area contributed by atoms with Gasteiger partial charge >= 0.3 is 6.09 Å². The van der Waals surface area contributed by atoms with E-state index in [1.165, 1.54) is 0 Å². The number of ether oxygens (including phenoxy) is 1. The van der Waals surface area contributed by atoms with Gasteiger partial charge in [-0.2, -0.15) is 0 Å². The summed E-state index contributed by atoms with van der Waals surface area (Å²) in [4.78, 5) is 30.2. The molecule has 2 aromatic rings. The standard InChI is InChI=1S/C22H27N3O3/c1-16(2)25(15-17-5-9-19(10-6-17)23(3)4)21(26)18-7-11-20(12-8-18)24-13-14-28-22(24)27/h5-12,16H,13-15H2,1-4H3. The van der Waals surface area contributed by atoms with Crippen molar-refractivity contribution in [3.05, 3.63) is 59.7 Å². The van der Waals surface area contributed by atoms with Crippen LogP contribution in [0, 0.1) is 0 Å². The maximum atomic E-state index is 13.1. The van der Waals surface area contributed by atoms with E-state index < -0.39 is 0 Å². The highest BCUT2D eigenvalue weighted by Gasteiger charge is 2.24. The molecule has 0 bridgehead atoms. The van der Waals surface area contributed by atoms with Crippen LogP contribution in [0.1, 0.15) is 29.8 Å². The number of carbonyl (C=O) groups excluding carboxylic acids is 2. The van der Waals surface area contributed by atoms with E-state index in [1.54, 1.807) is 29.2 Å². The molecule has 0 saturated carbocycles. The number of hydrogen-bond acceptors (Lipinski definition) is 4. The third-order valence-corrected chi connectivity index (χ3v) is 4.88. The SMILES string of the molecule is CC(C)N(Cc1ccc(N(C)C)cc1)C(=O)c1ccc(N2CCOC2=O)cc1. The van der Waals surface area contributed by atoms with E-state index in [0.29, 0.717) is 25.3 Å². The second-order valence-electron chi connectivity index (χ2n) is 7.40. The van der Waals surface area contributed by atoms with Gasteiger partial charge < -0.3 is 14.5 Å². The van der Waals surface area contributed by atoms with E-state index in [0.717, 1.165) is 16.9 Å². The number of cyclic esters (lactones) is 1. The van der Waals surface area contributed by atoms with Crippen LogP contribution in [-0.4, -0.2) is 50.2 Å². The number of carbonyl (C=O) groups is 2. The molecule has 1 aliphatic heterocycles. The average Bonchev–Trinajstić information content (AvgIpc) is 3.11. The van der Waals surface area contributed by atoms with Crippen molar-refractivity contribution < 1.29 is 14.3 Å². The molecule has 2 aromatic carbocycles. The van der Waals surface area contributed by atoms with Gasteiger partial charge in [-0.05, 0) is 55.8 Å².